The summed E-state index contributed by atoms with van der Waals surface area (Å²) in [5, 5.41) is 11.6. The lowest BCUT2D eigenvalue weighted by molar-refractivity contribution is 0.302. The first-order chi connectivity index (χ1) is 8.33. The second-order valence-corrected chi connectivity index (χ2v) is 4.75. The van der Waals surface area contributed by atoms with Gasteiger partial charge >= 0.3 is 0 Å². The molecule has 1 fully saturated rings. The van der Waals surface area contributed by atoms with Gasteiger partial charge in [-0.3, -0.25) is 0 Å². The molecule has 1 aromatic heterocycles. The van der Waals surface area contributed by atoms with Crippen molar-refractivity contribution in [1.82, 2.24) is 15.2 Å². The van der Waals surface area contributed by atoms with Crippen LogP contribution in [0, 0.1) is 5.92 Å². The van der Waals surface area contributed by atoms with Gasteiger partial charge in [0.25, 0.3) is 0 Å². The summed E-state index contributed by atoms with van der Waals surface area (Å²) in [6.07, 6.45) is 7.28. The Bertz CT molecular complexity index is 360. The summed E-state index contributed by atoms with van der Waals surface area (Å²) >= 11 is 0. The quantitative estimate of drug-likeness (QED) is 0.822. The SMILES string of the molecule is CCc1nnc(NCCC2CCC2)nc1CC. The lowest BCUT2D eigenvalue weighted by Gasteiger charge is -2.25. The molecule has 0 atom stereocenters. The number of hydrogen-bond acceptors (Lipinski definition) is 4. The molecule has 0 unspecified atom stereocenters. The van der Waals surface area contributed by atoms with Gasteiger partial charge in [-0.15, -0.1) is 5.10 Å². The molecule has 1 saturated carbocycles. The van der Waals surface area contributed by atoms with Gasteiger partial charge in [-0.25, -0.2) is 4.98 Å². The Kier molecular flexibility index (Phi) is 4.29. The van der Waals surface area contributed by atoms with Crippen LogP contribution in [0.1, 0.15) is 50.9 Å². The van der Waals surface area contributed by atoms with Crippen molar-refractivity contribution in [3.63, 3.8) is 0 Å². The zero-order valence-electron chi connectivity index (χ0n) is 10.9. The van der Waals surface area contributed by atoms with Crippen LogP contribution in [0.25, 0.3) is 0 Å². The minimum Gasteiger partial charge on any atom is -0.353 e. The summed E-state index contributed by atoms with van der Waals surface area (Å²) in [6.45, 7) is 5.18. The molecule has 1 heterocycles. The minimum absolute atomic E-state index is 0.693. The highest BCUT2D eigenvalue weighted by Gasteiger charge is 2.16. The molecule has 1 aromatic rings. The van der Waals surface area contributed by atoms with E-state index in [0.29, 0.717) is 5.95 Å². The zero-order valence-corrected chi connectivity index (χ0v) is 10.9. The van der Waals surface area contributed by atoms with Crippen LogP contribution in [0.4, 0.5) is 5.95 Å². The molecule has 1 aliphatic carbocycles. The van der Waals surface area contributed by atoms with Gasteiger partial charge in [-0.1, -0.05) is 33.1 Å². The van der Waals surface area contributed by atoms with Gasteiger partial charge in [0.2, 0.25) is 5.95 Å². The highest BCUT2D eigenvalue weighted by Crippen LogP contribution is 2.28. The molecule has 0 saturated heterocycles. The van der Waals surface area contributed by atoms with Crippen LogP contribution >= 0.6 is 0 Å². The zero-order chi connectivity index (χ0) is 12.1. The Morgan fingerprint density at radius 1 is 1.12 bits per heavy atom. The topological polar surface area (TPSA) is 50.7 Å². The standard InChI is InChI=1S/C13H22N4/c1-3-11-12(4-2)16-17-13(15-11)14-9-8-10-6-5-7-10/h10H,3-9H2,1-2H3,(H,14,15,17). The van der Waals surface area contributed by atoms with Crippen molar-refractivity contribution >= 4 is 5.95 Å². The predicted octanol–water partition coefficient (Wildman–Crippen LogP) is 2.60. The average Bonchev–Trinajstić information content (AvgIpc) is 2.32. The van der Waals surface area contributed by atoms with Gasteiger partial charge in [0.15, 0.2) is 0 Å². The van der Waals surface area contributed by atoms with Crippen LogP contribution < -0.4 is 5.32 Å². The van der Waals surface area contributed by atoms with Gasteiger partial charge in [0, 0.05) is 6.54 Å². The number of nitrogens with one attached hydrogen (secondary N) is 1. The Hall–Kier alpha value is -1.19. The molecule has 94 valence electrons. The molecule has 17 heavy (non-hydrogen) atoms. The number of nitrogens with zero attached hydrogens (tertiary/aromatic N) is 3. The number of anilines is 1. The second-order valence-electron chi connectivity index (χ2n) is 4.75. The van der Waals surface area contributed by atoms with E-state index in [1.54, 1.807) is 0 Å². The molecule has 0 bridgehead atoms. The third kappa shape index (κ3) is 3.14. The lowest BCUT2D eigenvalue weighted by Crippen LogP contribution is -2.17. The van der Waals surface area contributed by atoms with E-state index >= 15 is 0 Å². The van der Waals surface area contributed by atoms with E-state index in [2.05, 4.69) is 34.3 Å². The first-order valence-corrected chi connectivity index (χ1v) is 6.79. The Balaban J connectivity index is 1.86. The van der Waals surface area contributed by atoms with E-state index in [4.69, 9.17) is 0 Å². The Morgan fingerprint density at radius 2 is 1.88 bits per heavy atom. The largest absolute Gasteiger partial charge is 0.353 e. The van der Waals surface area contributed by atoms with E-state index in [0.717, 1.165) is 36.7 Å². The fourth-order valence-electron chi connectivity index (χ4n) is 2.18. The minimum atomic E-state index is 0.693. The normalized spacial score (nSPS) is 15.6. The summed E-state index contributed by atoms with van der Waals surface area (Å²) in [4.78, 5) is 4.52. The van der Waals surface area contributed by atoms with Crippen LogP contribution in [-0.4, -0.2) is 21.7 Å². The van der Waals surface area contributed by atoms with E-state index in [1.165, 1.54) is 25.7 Å². The molecule has 0 spiro atoms. The predicted molar refractivity (Wildman–Crippen MR) is 69.0 cm³/mol. The Morgan fingerprint density at radius 3 is 2.47 bits per heavy atom. The van der Waals surface area contributed by atoms with Crippen LogP contribution in [0.5, 0.6) is 0 Å². The van der Waals surface area contributed by atoms with Gasteiger partial charge in [0.05, 0.1) is 11.4 Å². The maximum Gasteiger partial charge on any atom is 0.242 e. The number of aromatic nitrogens is 3. The van der Waals surface area contributed by atoms with Crippen molar-refractivity contribution in [3.05, 3.63) is 11.4 Å². The fraction of sp³-hybridized carbons (Fsp3) is 0.769. The number of aryl methyl sites for hydroxylation is 2. The van der Waals surface area contributed by atoms with Gasteiger partial charge in [-0.2, -0.15) is 5.10 Å². The molecule has 0 amide bonds. The van der Waals surface area contributed by atoms with Crippen LogP contribution in [0.15, 0.2) is 0 Å². The highest BCUT2D eigenvalue weighted by molar-refractivity contribution is 5.25. The summed E-state index contributed by atoms with van der Waals surface area (Å²) < 4.78 is 0. The van der Waals surface area contributed by atoms with Crippen molar-refractivity contribution < 1.29 is 0 Å². The Labute approximate surface area is 103 Å². The average molecular weight is 234 g/mol. The van der Waals surface area contributed by atoms with Crippen molar-refractivity contribution in [1.29, 1.82) is 0 Å². The third-order valence-electron chi connectivity index (χ3n) is 3.57. The van der Waals surface area contributed by atoms with Gasteiger partial charge in [-0.05, 0) is 25.2 Å². The maximum atomic E-state index is 4.52. The van der Waals surface area contributed by atoms with Crippen molar-refractivity contribution in [3.8, 4) is 0 Å². The maximum absolute atomic E-state index is 4.52. The first kappa shape index (κ1) is 12.3. The molecule has 4 nitrogen and oxygen atoms in total. The lowest BCUT2D eigenvalue weighted by atomic mass is 9.83. The van der Waals surface area contributed by atoms with Crippen molar-refractivity contribution in [2.45, 2.75) is 52.4 Å². The summed E-state index contributed by atoms with van der Waals surface area (Å²) in [5.74, 6) is 1.62. The first-order valence-electron chi connectivity index (χ1n) is 6.79. The van der Waals surface area contributed by atoms with E-state index in [1.807, 2.05) is 0 Å². The molecular formula is C13H22N4. The number of rotatable bonds is 6. The number of hydrogen-bond donors (Lipinski definition) is 1. The summed E-state index contributed by atoms with van der Waals surface area (Å²) in [6, 6.07) is 0. The smallest absolute Gasteiger partial charge is 0.242 e. The third-order valence-corrected chi connectivity index (χ3v) is 3.57. The second kappa shape index (κ2) is 5.94. The van der Waals surface area contributed by atoms with E-state index in [-0.39, 0.29) is 0 Å². The van der Waals surface area contributed by atoms with E-state index in [9.17, 15) is 0 Å². The van der Waals surface area contributed by atoms with Crippen molar-refractivity contribution in [2.75, 3.05) is 11.9 Å². The molecular weight excluding hydrogens is 212 g/mol. The molecule has 2 rings (SSSR count). The van der Waals surface area contributed by atoms with E-state index < -0.39 is 0 Å². The summed E-state index contributed by atoms with van der Waals surface area (Å²) in [5.41, 5.74) is 2.10. The molecule has 1 aliphatic rings. The fourth-order valence-corrected chi connectivity index (χ4v) is 2.18. The monoisotopic (exact) mass is 234 g/mol. The van der Waals surface area contributed by atoms with Crippen molar-refractivity contribution in [2.24, 2.45) is 5.92 Å². The molecule has 0 aromatic carbocycles. The van der Waals surface area contributed by atoms with Crippen LogP contribution in [-0.2, 0) is 12.8 Å². The van der Waals surface area contributed by atoms with Crippen LogP contribution in [0.3, 0.4) is 0 Å². The molecule has 4 heteroatoms. The molecule has 0 aliphatic heterocycles. The van der Waals surface area contributed by atoms with Gasteiger partial charge < -0.3 is 5.32 Å². The van der Waals surface area contributed by atoms with Gasteiger partial charge in [0.1, 0.15) is 0 Å². The summed E-state index contributed by atoms with van der Waals surface area (Å²) in [7, 11) is 0. The molecule has 0 radical (unpaired) electrons. The highest BCUT2D eigenvalue weighted by atomic mass is 15.2. The van der Waals surface area contributed by atoms with Crippen LogP contribution in [0.2, 0.25) is 0 Å². The molecule has 1 N–H and O–H groups in total.